The van der Waals surface area contributed by atoms with Gasteiger partial charge in [0.05, 0.1) is 13.2 Å². The van der Waals surface area contributed by atoms with Gasteiger partial charge in [-0.15, -0.1) is 0 Å². The van der Waals surface area contributed by atoms with E-state index in [4.69, 9.17) is 4.74 Å². The molecule has 8 heteroatoms. The van der Waals surface area contributed by atoms with Crippen LogP contribution in [-0.2, 0) is 25.6 Å². The maximum absolute atomic E-state index is 13.1. The van der Waals surface area contributed by atoms with Crippen LogP contribution in [0.25, 0.3) is 0 Å². The van der Waals surface area contributed by atoms with Crippen LogP contribution in [0.15, 0.2) is 30.3 Å². The van der Waals surface area contributed by atoms with Gasteiger partial charge in [-0.25, -0.2) is 4.79 Å². The SMILES string of the molecule is CO[C@@H]1C(=O)O[C@@H]([C@H](O)COCc2ccccc2)[C@H]1C(F)(F)F. The minimum absolute atomic E-state index is 0.128. The maximum Gasteiger partial charge on any atom is 0.398 e. The summed E-state index contributed by atoms with van der Waals surface area (Å²) >= 11 is 0. The number of carbonyl (C=O) groups excluding carboxylic acids is 1. The van der Waals surface area contributed by atoms with Crippen molar-refractivity contribution in [2.24, 2.45) is 5.92 Å². The van der Waals surface area contributed by atoms with Crippen molar-refractivity contribution in [3.8, 4) is 0 Å². The number of methoxy groups -OCH3 is 1. The van der Waals surface area contributed by atoms with E-state index < -0.39 is 43.0 Å². The molecule has 1 aromatic carbocycles. The van der Waals surface area contributed by atoms with Crippen molar-refractivity contribution < 1.29 is 37.3 Å². The van der Waals surface area contributed by atoms with Gasteiger partial charge in [0, 0.05) is 7.11 Å². The Labute approximate surface area is 131 Å². The summed E-state index contributed by atoms with van der Waals surface area (Å²) in [6.07, 6.45) is -9.86. The first kappa shape index (κ1) is 17.7. The molecule has 1 aliphatic heterocycles. The first-order valence-corrected chi connectivity index (χ1v) is 6.94. The summed E-state index contributed by atoms with van der Waals surface area (Å²) in [5.74, 6) is -3.36. The molecule has 0 aliphatic carbocycles. The Hall–Kier alpha value is -1.64. The van der Waals surface area contributed by atoms with Crippen molar-refractivity contribution in [1.82, 2.24) is 0 Å². The van der Waals surface area contributed by atoms with E-state index in [1.54, 1.807) is 24.3 Å². The molecule has 1 N–H and O–H groups in total. The Bertz CT molecular complexity index is 520. The van der Waals surface area contributed by atoms with Crippen LogP contribution in [-0.4, -0.2) is 49.3 Å². The summed E-state index contributed by atoms with van der Waals surface area (Å²) in [5.41, 5.74) is 0.810. The average molecular weight is 334 g/mol. The van der Waals surface area contributed by atoms with Crippen LogP contribution in [0.1, 0.15) is 5.56 Å². The minimum Gasteiger partial charge on any atom is -0.457 e. The monoisotopic (exact) mass is 334 g/mol. The lowest BCUT2D eigenvalue weighted by molar-refractivity contribution is -0.216. The highest BCUT2D eigenvalue weighted by Crippen LogP contribution is 2.40. The number of rotatable bonds is 6. The van der Waals surface area contributed by atoms with Gasteiger partial charge in [0.15, 0.2) is 6.10 Å². The van der Waals surface area contributed by atoms with E-state index >= 15 is 0 Å². The van der Waals surface area contributed by atoms with Gasteiger partial charge in [0.2, 0.25) is 0 Å². The number of alkyl halides is 3. The van der Waals surface area contributed by atoms with Gasteiger partial charge < -0.3 is 19.3 Å². The lowest BCUT2D eigenvalue weighted by atomic mass is 9.94. The van der Waals surface area contributed by atoms with Crippen LogP contribution < -0.4 is 0 Å². The predicted molar refractivity (Wildman–Crippen MR) is 72.3 cm³/mol. The molecule has 0 saturated carbocycles. The number of benzene rings is 1. The lowest BCUT2D eigenvalue weighted by Crippen LogP contribution is -2.45. The molecular formula is C15H17F3O5. The van der Waals surface area contributed by atoms with Gasteiger partial charge in [-0.2, -0.15) is 13.2 Å². The Kier molecular flexibility index (Phi) is 5.61. The molecule has 1 aromatic rings. The van der Waals surface area contributed by atoms with Crippen LogP contribution in [0.5, 0.6) is 0 Å². The van der Waals surface area contributed by atoms with Crippen molar-refractivity contribution in [3.63, 3.8) is 0 Å². The highest BCUT2D eigenvalue weighted by Gasteiger charge is 2.60. The Balaban J connectivity index is 1.97. The van der Waals surface area contributed by atoms with Gasteiger partial charge >= 0.3 is 12.1 Å². The fraction of sp³-hybridized carbons (Fsp3) is 0.533. The van der Waals surface area contributed by atoms with E-state index in [1.807, 2.05) is 6.07 Å². The quantitative estimate of drug-likeness (QED) is 0.802. The molecule has 23 heavy (non-hydrogen) atoms. The third-order valence-electron chi connectivity index (χ3n) is 3.58. The molecule has 0 amide bonds. The lowest BCUT2D eigenvalue weighted by Gasteiger charge is -2.26. The highest BCUT2D eigenvalue weighted by atomic mass is 19.4. The summed E-state index contributed by atoms with van der Waals surface area (Å²) in [7, 11) is 0.991. The predicted octanol–water partition coefficient (Wildman–Crippen LogP) is 1.68. The number of aliphatic hydroxyl groups excluding tert-OH is 1. The average Bonchev–Trinajstić information content (AvgIpc) is 2.85. The van der Waals surface area contributed by atoms with Crippen molar-refractivity contribution in [3.05, 3.63) is 35.9 Å². The molecule has 0 bridgehead atoms. The van der Waals surface area contributed by atoms with E-state index in [-0.39, 0.29) is 6.61 Å². The number of halogens is 3. The number of esters is 1. The van der Waals surface area contributed by atoms with E-state index in [0.717, 1.165) is 12.7 Å². The highest BCUT2D eigenvalue weighted by molar-refractivity contribution is 5.78. The van der Waals surface area contributed by atoms with Crippen LogP contribution in [0.4, 0.5) is 13.2 Å². The van der Waals surface area contributed by atoms with E-state index in [1.165, 1.54) is 0 Å². The molecule has 0 aromatic heterocycles. The third kappa shape index (κ3) is 4.21. The van der Waals surface area contributed by atoms with Crippen LogP contribution in [0.2, 0.25) is 0 Å². The number of hydrogen-bond donors (Lipinski definition) is 1. The minimum atomic E-state index is -4.74. The smallest absolute Gasteiger partial charge is 0.398 e. The van der Waals surface area contributed by atoms with E-state index in [0.29, 0.717) is 0 Å². The second-order valence-electron chi connectivity index (χ2n) is 5.19. The largest absolute Gasteiger partial charge is 0.457 e. The van der Waals surface area contributed by atoms with Crippen LogP contribution in [0.3, 0.4) is 0 Å². The standard InChI is InChI=1S/C15H17F3O5/c1-21-13-11(15(16,17)18)12(23-14(13)20)10(19)8-22-7-9-5-3-2-4-6-9/h2-6,10-13,19H,7-8H2,1H3/t10-,11-,12+,13+/m1/s1. The number of ether oxygens (including phenoxy) is 3. The van der Waals surface area contributed by atoms with Gasteiger partial charge in [0.1, 0.15) is 18.1 Å². The summed E-state index contributed by atoms with van der Waals surface area (Å²) in [4.78, 5) is 11.5. The fourth-order valence-corrected chi connectivity index (χ4v) is 2.48. The van der Waals surface area contributed by atoms with Gasteiger partial charge in [0.25, 0.3) is 0 Å². The number of hydrogen-bond acceptors (Lipinski definition) is 5. The topological polar surface area (TPSA) is 65.0 Å². The molecule has 1 fully saturated rings. The zero-order chi connectivity index (χ0) is 17.0. The molecule has 4 atom stereocenters. The van der Waals surface area contributed by atoms with Crippen molar-refractivity contribution in [1.29, 1.82) is 0 Å². The van der Waals surface area contributed by atoms with Gasteiger partial charge in [-0.05, 0) is 5.56 Å². The first-order chi connectivity index (χ1) is 10.8. The number of aliphatic hydroxyl groups is 1. The maximum atomic E-state index is 13.1. The van der Waals surface area contributed by atoms with E-state index in [2.05, 4.69) is 9.47 Å². The third-order valence-corrected chi connectivity index (χ3v) is 3.58. The molecule has 2 rings (SSSR count). The van der Waals surface area contributed by atoms with Crippen LogP contribution in [0, 0.1) is 5.92 Å². The zero-order valence-corrected chi connectivity index (χ0v) is 12.3. The van der Waals surface area contributed by atoms with Crippen molar-refractivity contribution in [2.45, 2.75) is 31.1 Å². The Morgan fingerprint density at radius 3 is 2.52 bits per heavy atom. The first-order valence-electron chi connectivity index (χ1n) is 6.94. The second kappa shape index (κ2) is 7.29. The fourth-order valence-electron chi connectivity index (χ4n) is 2.48. The molecule has 0 spiro atoms. The van der Waals surface area contributed by atoms with Crippen molar-refractivity contribution >= 4 is 5.97 Å². The zero-order valence-electron chi connectivity index (χ0n) is 12.3. The number of carbonyl (C=O) groups is 1. The summed E-state index contributed by atoms with van der Waals surface area (Å²) in [5, 5.41) is 9.93. The van der Waals surface area contributed by atoms with Gasteiger partial charge in [-0.1, -0.05) is 30.3 Å². The van der Waals surface area contributed by atoms with Crippen molar-refractivity contribution in [2.75, 3.05) is 13.7 Å². The summed E-state index contributed by atoms with van der Waals surface area (Å²) in [6, 6.07) is 8.95. The normalized spacial score (nSPS) is 26.1. The molecule has 128 valence electrons. The molecule has 1 heterocycles. The van der Waals surface area contributed by atoms with Crippen LogP contribution >= 0.6 is 0 Å². The Morgan fingerprint density at radius 2 is 1.96 bits per heavy atom. The Morgan fingerprint density at radius 1 is 1.30 bits per heavy atom. The molecule has 1 saturated heterocycles. The number of cyclic esters (lactones) is 1. The molecule has 1 aliphatic rings. The van der Waals surface area contributed by atoms with E-state index in [9.17, 15) is 23.1 Å². The molecule has 0 radical (unpaired) electrons. The molecule has 5 nitrogen and oxygen atoms in total. The summed E-state index contributed by atoms with van der Waals surface area (Å²) < 4.78 is 53.7. The second-order valence-corrected chi connectivity index (χ2v) is 5.19. The molecular weight excluding hydrogens is 317 g/mol. The molecule has 0 unspecified atom stereocenters. The van der Waals surface area contributed by atoms with Gasteiger partial charge in [-0.3, -0.25) is 0 Å². The summed E-state index contributed by atoms with van der Waals surface area (Å²) in [6.45, 7) is -0.265.